The van der Waals surface area contributed by atoms with Crippen LogP contribution in [0.5, 0.6) is 5.75 Å². The number of esters is 1. The van der Waals surface area contributed by atoms with E-state index in [2.05, 4.69) is 5.32 Å². The smallest absolute Gasteiger partial charge is 0.314 e. The zero-order chi connectivity index (χ0) is 14.5. The predicted octanol–water partition coefficient (Wildman–Crippen LogP) is 2.29. The molecule has 0 heterocycles. The molecule has 106 valence electrons. The van der Waals surface area contributed by atoms with Crippen molar-refractivity contribution in [2.75, 3.05) is 20.8 Å². The van der Waals surface area contributed by atoms with E-state index in [1.807, 2.05) is 46.0 Å². The Morgan fingerprint density at radius 2 is 2.05 bits per heavy atom. The van der Waals surface area contributed by atoms with E-state index < -0.39 is 5.41 Å². The number of ether oxygens (including phenoxy) is 2. The minimum atomic E-state index is -0.659. The van der Waals surface area contributed by atoms with Crippen LogP contribution in [-0.4, -0.2) is 26.7 Å². The lowest BCUT2D eigenvalue weighted by atomic mass is 9.95. The molecular formula is C15H23NO3. The Kier molecular flexibility index (Phi) is 5.36. The number of methoxy groups -OCH3 is 1. The summed E-state index contributed by atoms with van der Waals surface area (Å²) >= 11 is 0. The normalized spacial score (nSPS) is 11.2. The fourth-order valence-corrected chi connectivity index (χ4v) is 1.84. The highest BCUT2D eigenvalue weighted by atomic mass is 16.5. The van der Waals surface area contributed by atoms with Crippen molar-refractivity contribution in [3.05, 3.63) is 29.3 Å². The molecule has 0 saturated heterocycles. The summed E-state index contributed by atoms with van der Waals surface area (Å²) in [5.74, 6) is 0.574. The Hall–Kier alpha value is -1.55. The molecule has 19 heavy (non-hydrogen) atoms. The first-order valence-electron chi connectivity index (χ1n) is 6.36. The maximum absolute atomic E-state index is 11.6. The van der Waals surface area contributed by atoms with Crippen LogP contribution in [0, 0.1) is 12.3 Å². The third-order valence-electron chi connectivity index (χ3n) is 2.98. The number of rotatable bonds is 6. The number of carbonyl (C=O) groups is 1. The van der Waals surface area contributed by atoms with Gasteiger partial charge < -0.3 is 14.8 Å². The molecule has 1 aromatic rings. The summed E-state index contributed by atoms with van der Waals surface area (Å²) in [4.78, 5) is 11.6. The zero-order valence-corrected chi connectivity index (χ0v) is 12.4. The van der Waals surface area contributed by atoms with Crippen molar-refractivity contribution in [3.8, 4) is 5.75 Å². The van der Waals surface area contributed by atoms with Gasteiger partial charge in [0.25, 0.3) is 0 Å². The van der Waals surface area contributed by atoms with Crippen molar-refractivity contribution in [3.63, 3.8) is 0 Å². The quantitative estimate of drug-likeness (QED) is 0.802. The third-order valence-corrected chi connectivity index (χ3v) is 2.98. The number of carbonyl (C=O) groups excluding carboxylic acids is 1. The number of hydrogen-bond donors (Lipinski definition) is 1. The lowest BCUT2D eigenvalue weighted by Crippen LogP contribution is -2.32. The first kappa shape index (κ1) is 15.5. The second-order valence-electron chi connectivity index (χ2n) is 5.26. The molecule has 0 aliphatic rings. The SMILES string of the molecule is CNCc1cccc(C)c1OCC(C)(C)C(=O)OC. The van der Waals surface area contributed by atoms with Crippen molar-refractivity contribution >= 4 is 5.97 Å². The van der Waals surface area contributed by atoms with Gasteiger partial charge in [-0.2, -0.15) is 0 Å². The molecule has 0 fully saturated rings. The van der Waals surface area contributed by atoms with Crippen LogP contribution in [0.1, 0.15) is 25.0 Å². The number of nitrogens with one attached hydrogen (secondary N) is 1. The van der Waals surface area contributed by atoms with Gasteiger partial charge in [0.15, 0.2) is 0 Å². The number of para-hydroxylation sites is 1. The zero-order valence-electron chi connectivity index (χ0n) is 12.4. The van der Waals surface area contributed by atoms with E-state index in [4.69, 9.17) is 9.47 Å². The summed E-state index contributed by atoms with van der Waals surface area (Å²) in [6, 6.07) is 6.02. The summed E-state index contributed by atoms with van der Waals surface area (Å²) < 4.78 is 10.6. The van der Waals surface area contributed by atoms with Crippen LogP contribution in [-0.2, 0) is 16.1 Å². The van der Waals surface area contributed by atoms with Crippen molar-refractivity contribution < 1.29 is 14.3 Å². The summed E-state index contributed by atoms with van der Waals surface area (Å²) in [5, 5.41) is 3.11. The second-order valence-corrected chi connectivity index (χ2v) is 5.26. The molecule has 0 aliphatic carbocycles. The molecule has 0 aromatic heterocycles. The second kappa shape index (κ2) is 6.57. The molecule has 1 rings (SSSR count). The van der Waals surface area contributed by atoms with Crippen LogP contribution in [0.2, 0.25) is 0 Å². The topological polar surface area (TPSA) is 47.6 Å². The van der Waals surface area contributed by atoms with E-state index in [-0.39, 0.29) is 5.97 Å². The maximum Gasteiger partial charge on any atom is 0.314 e. The molecule has 1 N–H and O–H groups in total. The molecule has 0 unspecified atom stereocenters. The van der Waals surface area contributed by atoms with Gasteiger partial charge in [0, 0.05) is 12.1 Å². The number of hydrogen-bond acceptors (Lipinski definition) is 4. The Bertz CT molecular complexity index is 441. The van der Waals surface area contributed by atoms with E-state index >= 15 is 0 Å². The fraction of sp³-hybridized carbons (Fsp3) is 0.533. The van der Waals surface area contributed by atoms with Gasteiger partial charge in [-0.05, 0) is 33.4 Å². The highest BCUT2D eigenvalue weighted by Gasteiger charge is 2.30. The third kappa shape index (κ3) is 3.96. The lowest BCUT2D eigenvalue weighted by Gasteiger charge is -2.23. The molecular weight excluding hydrogens is 242 g/mol. The van der Waals surface area contributed by atoms with Crippen LogP contribution in [0.4, 0.5) is 0 Å². The Morgan fingerprint density at radius 3 is 2.63 bits per heavy atom. The van der Waals surface area contributed by atoms with E-state index in [0.717, 1.165) is 23.4 Å². The van der Waals surface area contributed by atoms with Gasteiger partial charge in [0.2, 0.25) is 0 Å². The number of aryl methyl sites for hydroxylation is 1. The monoisotopic (exact) mass is 265 g/mol. The minimum Gasteiger partial charge on any atom is -0.492 e. The molecule has 4 heteroatoms. The Morgan fingerprint density at radius 1 is 1.37 bits per heavy atom. The van der Waals surface area contributed by atoms with E-state index in [1.165, 1.54) is 7.11 Å². The van der Waals surface area contributed by atoms with Crippen molar-refractivity contribution in [1.82, 2.24) is 5.32 Å². The average molecular weight is 265 g/mol. The van der Waals surface area contributed by atoms with Crippen molar-refractivity contribution in [2.24, 2.45) is 5.41 Å². The van der Waals surface area contributed by atoms with Gasteiger partial charge in [-0.3, -0.25) is 4.79 Å². The Balaban J connectivity index is 2.85. The van der Waals surface area contributed by atoms with Crippen LogP contribution in [0.3, 0.4) is 0 Å². The first-order valence-corrected chi connectivity index (χ1v) is 6.36. The summed E-state index contributed by atoms with van der Waals surface area (Å²) in [7, 11) is 3.29. The van der Waals surface area contributed by atoms with E-state index in [0.29, 0.717) is 6.61 Å². The van der Waals surface area contributed by atoms with E-state index in [9.17, 15) is 4.79 Å². The summed E-state index contributed by atoms with van der Waals surface area (Å²) in [6.45, 7) is 6.65. The first-order chi connectivity index (χ1) is 8.92. The molecule has 0 bridgehead atoms. The predicted molar refractivity (Wildman–Crippen MR) is 75.2 cm³/mol. The summed E-state index contributed by atoms with van der Waals surface area (Å²) in [5.41, 5.74) is 1.49. The molecule has 0 radical (unpaired) electrons. The lowest BCUT2D eigenvalue weighted by molar-refractivity contribution is -0.152. The molecule has 0 amide bonds. The van der Waals surface area contributed by atoms with Crippen molar-refractivity contribution in [2.45, 2.75) is 27.3 Å². The van der Waals surface area contributed by atoms with Crippen molar-refractivity contribution in [1.29, 1.82) is 0 Å². The molecule has 0 atom stereocenters. The van der Waals surface area contributed by atoms with Gasteiger partial charge in [-0.1, -0.05) is 18.2 Å². The Labute approximate surface area is 115 Å². The highest BCUT2D eigenvalue weighted by molar-refractivity contribution is 5.75. The van der Waals surface area contributed by atoms with Gasteiger partial charge in [-0.25, -0.2) is 0 Å². The minimum absolute atomic E-state index is 0.267. The van der Waals surface area contributed by atoms with Crippen LogP contribution in [0.15, 0.2) is 18.2 Å². The van der Waals surface area contributed by atoms with Gasteiger partial charge in [-0.15, -0.1) is 0 Å². The number of benzene rings is 1. The molecule has 0 spiro atoms. The largest absolute Gasteiger partial charge is 0.492 e. The average Bonchev–Trinajstić information content (AvgIpc) is 2.37. The van der Waals surface area contributed by atoms with Crippen LogP contribution < -0.4 is 10.1 Å². The standard InChI is InChI=1S/C15H23NO3/c1-11-7-6-8-12(9-16-4)13(11)19-10-15(2,3)14(17)18-5/h6-8,16H,9-10H2,1-5H3. The van der Waals surface area contributed by atoms with Crippen LogP contribution >= 0.6 is 0 Å². The van der Waals surface area contributed by atoms with E-state index in [1.54, 1.807) is 0 Å². The summed E-state index contributed by atoms with van der Waals surface area (Å²) in [6.07, 6.45) is 0. The van der Waals surface area contributed by atoms with Crippen LogP contribution in [0.25, 0.3) is 0 Å². The maximum atomic E-state index is 11.6. The van der Waals surface area contributed by atoms with Gasteiger partial charge >= 0.3 is 5.97 Å². The fourth-order valence-electron chi connectivity index (χ4n) is 1.84. The highest BCUT2D eigenvalue weighted by Crippen LogP contribution is 2.26. The molecule has 1 aromatic carbocycles. The molecule has 4 nitrogen and oxygen atoms in total. The molecule has 0 aliphatic heterocycles. The molecule has 0 saturated carbocycles. The van der Waals surface area contributed by atoms with Gasteiger partial charge in [0.1, 0.15) is 12.4 Å². The van der Waals surface area contributed by atoms with Gasteiger partial charge in [0.05, 0.1) is 12.5 Å².